The summed E-state index contributed by atoms with van der Waals surface area (Å²) < 4.78 is 0.914. The number of oxime groups is 1. The number of carboxylic acid groups (broad SMARTS) is 1. The van der Waals surface area contributed by atoms with Crippen molar-refractivity contribution in [3.8, 4) is 0 Å². The quantitative estimate of drug-likeness (QED) is 0.888. The van der Waals surface area contributed by atoms with E-state index in [1.165, 1.54) is 0 Å². The number of nitrogens with zero attached hydrogens (tertiary/aromatic N) is 1. The van der Waals surface area contributed by atoms with Gasteiger partial charge < -0.3 is 15.3 Å². The molecule has 1 heterocycles. The van der Waals surface area contributed by atoms with Gasteiger partial charge in [0.15, 0.2) is 5.71 Å². The summed E-state index contributed by atoms with van der Waals surface area (Å²) in [5, 5.41) is 14.8. The maximum absolute atomic E-state index is 11.9. The summed E-state index contributed by atoms with van der Waals surface area (Å²) >= 11 is 3.33. The fourth-order valence-corrected chi connectivity index (χ4v) is 2.10. The van der Waals surface area contributed by atoms with E-state index in [-0.39, 0.29) is 12.1 Å². The molecular weight excluding hydrogens is 316 g/mol. The smallest absolute Gasteiger partial charge is 0.353 e. The Labute approximate surface area is 117 Å². The minimum absolute atomic E-state index is 0.0310. The van der Waals surface area contributed by atoms with E-state index < -0.39 is 18.0 Å². The minimum atomic E-state index is -1.17. The van der Waals surface area contributed by atoms with Crippen LogP contribution in [0.4, 0.5) is 5.69 Å². The molecule has 0 bridgehead atoms. The first kappa shape index (κ1) is 13.5. The van der Waals surface area contributed by atoms with Gasteiger partial charge in [0, 0.05) is 16.6 Å². The number of aliphatic carboxylic acids is 1. The second kappa shape index (κ2) is 5.40. The normalized spacial score (nSPS) is 17.6. The number of rotatable bonds is 3. The lowest BCUT2D eigenvalue weighted by Gasteiger charge is -2.11. The number of carbonyl (C=O) groups excluding carboxylic acids is 1. The number of amides is 1. The summed E-state index contributed by atoms with van der Waals surface area (Å²) in [4.78, 5) is 27.4. The standard InChI is InChI=1S/C12H11BrN2O4/c1-6-4-7(13)2-3-8(6)14-11(16)10-5-9(12(17)18)15-19-10/h2-4,10H,5H2,1H3,(H,14,16)(H,17,18). The third-order valence-electron chi connectivity index (χ3n) is 2.65. The molecule has 1 unspecified atom stereocenters. The predicted octanol–water partition coefficient (Wildman–Crippen LogP) is 1.93. The minimum Gasteiger partial charge on any atom is -0.477 e. The van der Waals surface area contributed by atoms with E-state index >= 15 is 0 Å². The largest absolute Gasteiger partial charge is 0.477 e. The van der Waals surface area contributed by atoms with Crippen LogP contribution in [0.15, 0.2) is 27.8 Å². The molecule has 1 aliphatic heterocycles. The molecule has 0 spiro atoms. The zero-order chi connectivity index (χ0) is 14.0. The van der Waals surface area contributed by atoms with Crippen molar-refractivity contribution >= 4 is 39.2 Å². The third-order valence-corrected chi connectivity index (χ3v) is 3.15. The van der Waals surface area contributed by atoms with E-state index in [1.54, 1.807) is 12.1 Å². The van der Waals surface area contributed by atoms with Crippen LogP contribution >= 0.6 is 15.9 Å². The van der Waals surface area contributed by atoms with Crippen LogP contribution in [0.5, 0.6) is 0 Å². The van der Waals surface area contributed by atoms with Gasteiger partial charge in [-0.2, -0.15) is 0 Å². The van der Waals surface area contributed by atoms with Crippen LogP contribution < -0.4 is 5.32 Å². The Balaban J connectivity index is 2.01. The van der Waals surface area contributed by atoms with Gasteiger partial charge >= 0.3 is 5.97 Å². The summed E-state index contributed by atoms with van der Waals surface area (Å²) in [5.41, 5.74) is 1.40. The molecule has 0 aliphatic carbocycles. The molecule has 0 radical (unpaired) electrons. The SMILES string of the molecule is Cc1cc(Br)ccc1NC(=O)C1CC(C(=O)O)=NO1. The second-order valence-corrected chi connectivity index (χ2v) is 5.01. The third kappa shape index (κ3) is 3.11. The number of carboxylic acids is 1. The number of aryl methyl sites for hydroxylation is 1. The maximum Gasteiger partial charge on any atom is 0.353 e. The van der Waals surface area contributed by atoms with Gasteiger partial charge in [-0.05, 0) is 30.7 Å². The molecule has 2 rings (SSSR count). The molecule has 0 saturated carbocycles. The van der Waals surface area contributed by atoms with Crippen LogP contribution in [0.2, 0.25) is 0 Å². The molecule has 1 aliphatic rings. The molecule has 1 aromatic carbocycles. The Kier molecular flexibility index (Phi) is 3.84. The molecule has 6 nitrogen and oxygen atoms in total. The van der Waals surface area contributed by atoms with Gasteiger partial charge in [-0.3, -0.25) is 4.79 Å². The van der Waals surface area contributed by atoms with Crippen LogP contribution in [-0.2, 0) is 14.4 Å². The molecular formula is C12H11BrN2O4. The first-order chi connectivity index (χ1) is 8.97. The van der Waals surface area contributed by atoms with Gasteiger partial charge in [0.25, 0.3) is 5.91 Å². The van der Waals surface area contributed by atoms with Crippen molar-refractivity contribution in [1.29, 1.82) is 0 Å². The summed E-state index contributed by atoms with van der Waals surface area (Å²) in [6.07, 6.45) is -0.925. The number of benzene rings is 1. The molecule has 7 heteroatoms. The van der Waals surface area contributed by atoms with E-state index in [0.717, 1.165) is 10.0 Å². The highest BCUT2D eigenvalue weighted by Crippen LogP contribution is 2.21. The van der Waals surface area contributed by atoms with Gasteiger partial charge in [0.1, 0.15) is 0 Å². The van der Waals surface area contributed by atoms with Crippen LogP contribution in [0.1, 0.15) is 12.0 Å². The first-order valence-corrected chi connectivity index (χ1v) is 6.29. The summed E-state index contributed by atoms with van der Waals surface area (Å²) in [6, 6.07) is 5.42. The highest BCUT2D eigenvalue weighted by atomic mass is 79.9. The molecule has 0 saturated heterocycles. The zero-order valence-electron chi connectivity index (χ0n) is 10.0. The maximum atomic E-state index is 11.9. The monoisotopic (exact) mass is 326 g/mol. The number of hydrogen-bond donors (Lipinski definition) is 2. The lowest BCUT2D eigenvalue weighted by Crippen LogP contribution is -2.29. The summed E-state index contributed by atoms with van der Waals surface area (Å²) in [7, 11) is 0. The molecule has 0 fully saturated rings. The number of hydrogen-bond acceptors (Lipinski definition) is 4. The van der Waals surface area contributed by atoms with Gasteiger partial charge in [0.2, 0.25) is 6.10 Å². The first-order valence-electron chi connectivity index (χ1n) is 5.50. The summed E-state index contributed by atoms with van der Waals surface area (Å²) in [5.74, 6) is -1.58. The average molecular weight is 327 g/mol. The summed E-state index contributed by atoms with van der Waals surface area (Å²) in [6.45, 7) is 1.86. The van der Waals surface area contributed by atoms with Crippen molar-refractivity contribution in [1.82, 2.24) is 0 Å². The predicted molar refractivity (Wildman–Crippen MR) is 72.1 cm³/mol. The van der Waals surface area contributed by atoms with Gasteiger partial charge in [-0.15, -0.1) is 0 Å². The van der Waals surface area contributed by atoms with Crippen LogP contribution in [-0.4, -0.2) is 28.8 Å². The zero-order valence-corrected chi connectivity index (χ0v) is 11.6. The van der Waals surface area contributed by atoms with Crippen molar-refractivity contribution < 1.29 is 19.5 Å². The van der Waals surface area contributed by atoms with Crippen molar-refractivity contribution in [3.05, 3.63) is 28.2 Å². The Morgan fingerprint density at radius 2 is 2.26 bits per heavy atom. The number of anilines is 1. The van der Waals surface area contributed by atoms with Crippen LogP contribution in [0.3, 0.4) is 0 Å². The Morgan fingerprint density at radius 1 is 1.53 bits per heavy atom. The topological polar surface area (TPSA) is 88.0 Å². The molecule has 2 N–H and O–H groups in total. The van der Waals surface area contributed by atoms with E-state index in [4.69, 9.17) is 9.94 Å². The highest BCUT2D eigenvalue weighted by Gasteiger charge is 2.31. The van der Waals surface area contributed by atoms with Crippen molar-refractivity contribution in [2.24, 2.45) is 5.16 Å². The average Bonchev–Trinajstić information content (AvgIpc) is 2.82. The van der Waals surface area contributed by atoms with Crippen molar-refractivity contribution in [3.63, 3.8) is 0 Å². The second-order valence-electron chi connectivity index (χ2n) is 4.09. The Hall–Kier alpha value is -1.89. The van der Waals surface area contributed by atoms with E-state index in [9.17, 15) is 9.59 Å². The number of nitrogens with one attached hydrogen (secondary N) is 1. The van der Waals surface area contributed by atoms with E-state index in [2.05, 4.69) is 26.4 Å². The Morgan fingerprint density at radius 3 is 2.84 bits per heavy atom. The fourth-order valence-electron chi connectivity index (χ4n) is 1.62. The number of carbonyl (C=O) groups is 2. The van der Waals surface area contributed by atoms with Crippen molar-refractivity contribution in [2.75, 3.05) is 5.32 Å². The van der Waals surface area contributed by atoms with E-state index in [0.29, 0.717) is 5.69 Å². The molecule has 0 aromatic heterocycles. The van der Waals surface area contributed by atoms with Crippen LogP contribution in [0, 0.1) is 6.92 Å². The molecule has 1 amide bonds. The Bertz CT molecular complexity index is 571. The van der Waals surface area contributed by atoms with E-state index in [1.807, 2.05) is 13.0 Å². The van der Waals surface area contributed by atoms with Gasteiger partial charge in [-0.25, -0.2) is 4.79 Å². The lowest BCUT2D eigenvalue weighted by molar-refractivity contribution is -0.129. The van der Waals surface area contributed by atoms with Gasteiger partial charge in [-0.1, -0.05) is 21.1 Å². The molecule has 1 aromatic rings. The molecule has 100 valence electrons. The highest BCUT2D eigenvalue weighted by molar-refractivity contribution is 9.10. The fraction of sp³-hybridized carbons (Fsp3) is 0.250. The molecule has 19 heavy (non-hydrogen) atoms. The van der Waals surface area contributed by atoms with Gasteiger partial charge in [0.05, 0.1) is 0 Å². The number of halogens is 1. The lowest BCUT2D eigenvalue weighted by atomic mass is 10.1. The van der Waals surface area contributed by atoms with Crippen molar-refractivity contribution in [2.45, 2.75) is 19.4 Å². The van der Waals surface area contributed by atoms with Crippen LogP contribution in [0.25, 0.3) is 0 Å². The molecule has 1 atom stereocenters.